The van der Waals surface area contributed by atoms with Crippen molar-refractivity contribution < 1.29 is 49.0 Å². The average molecular weight is 520 g/mol. The van der Waals surface area contributed by atoms with Crippen LogP contribution in [0.2, 0.25) is 0 Å². The Balaban J connectivity index is 1.89. The van der Waals surface area contributed by atoms with Crippen LogP contribution in [0.5, 0.6) is 5.75 Å². The molecule has 0 saturated heterocycles. The molecule has 0 saturated carbocycles. The maximum absolute atomic E-state index is 12.7. The van der Waals surface area contributed by atoms with Crippen molar-refractivity contribution >= 4 is 23.1 Å². The number of rotatable bonds is 8. The number of benzene rings is 3. The fraction of sp³-hybridized carbons (Fsp3) is 0.250. The molecule has 0 aromatic heterocycles. The summed E-state index contributed by atoms with van der Waals surface area (Å²) in [6.45, 7) is -1.15. The van der Waals surface area contributed by atoms with Gasteiger partial charge >= 0.3 is 18.9 Å². The van der Waals surface area contributed by atoms with Gasteiger partial charge in [-0.05, 0) is 29.7 Å². The first-order valence-electron chi connectivity index (χ1n) is 10.5. The highest BCUT2D eigenvalue weighted by molar-refractivity contribution is 6.95. The Hall–Kier alpha value is -3.15. The molecular weight excluding hydrogens is 502 g/mol. The summed E-state index contributed by atoms with van der Waals surface area (Å²) in [5, 5.41) is 0. The van der Waals surface area contributed by atoms with Crippen LogP contribution in [0.4, 0.5) is 39.5 Å². The molecule has 0 radical (unpaired) electrons. The second-order valence-corrected chi connectivity index (χ2v) is 7.87. The van der Waals surface area contributed by atoms with Crippen LogP contribution in [0.1, 0.15) is 11.1 Å². The topological polar surface area (TPSA) is 18.5 Å². The Bertz CT molecular complexity index is 1050. The van der Waals surface area contributed by atoms with E-state index in [1.165, 1.54) is 36.4 Å². The molecule has 0 heterocycles. The van der Waals surface area contributed by atoms with E-state index in [1.807, 2.05) is 0 Å². The van der Waals surface area contributed by atoms with Crippen LogP contribution in [-0.2, 0) is 17.6 Å². The van der Waals surface area contributed by atoms with Crippen LogP contribution in [0.3, 0.4) is 0 Å². The van der Waals surface area contributed by atoms with E-state index in [1.54, 1.807) is 24.3 Å². The van der Waals surface area contributed by atoms with Gasteiger partial charge in [-0.2, -0.15) is 13.2 Å². The first-order chi connectivity index (χ1) is 16.7. The third-order valence-electron chi connectivity index (χ3n) is 5.13. The van der Waals surface area contributed by atoms with Crippen molar-refractivity contribution in [2.24, 2.45) is 0 Å². The molecule has 192 valence electrons. The molecule has 0 bridgehead atoms. The second kappa shape index (κ2) is 10.9. The molecule has 0 atom stereocenters. The Morgan fingerprint density at radius 2 is 1.00 bits per heavy atom. The number of hydrogen-bond acceptors (Lipinski definition) is 2. The van der Waals surface area contributed by atoms with Crippen molar-refractivity contribution in [3.05, 3.63) is 83.9 Å². The van der Waals surface area contributed by atoms with Crippen LogP contribution in [-0.4, -0.2) is 32.2 Å². The zero-order valence-corrected chi connectivity index (χ0v) is 18.3. The summed E-state index contributed by atoms with van der Waals surface area (Å²) in [5.74, 6) is -0.439. The molecule has 0 fully saturated rings. The van der Waals surface area contributed by atoms with Gasteiger partial charge in [0.2, 0.25) is 6.71 Å². The lowest BCUT2D eigenvalue weighted by atomic mass is 9.37. The predicted molar refractivity (Wildman–Crippen MR) is 116 cm³/mol. The van der Waals surface area contributed by atoms with Gasteiger partial charge in [0.05, 0.1) is 13.0 Å². The molecule has 36 heavy (non-hydrogen) atoms. The average Bonchev–Trinajstić information content (AvgIpc) is 2.74. The van der Waals surface area contributed by atoms with Gasteiger partial charge < -0.3 is 4.74 Å². The van der Waals surface area contributed by atoms with Crippen LogP contribution in [0.15, 0.2) is 72.8 Å². The number of alkyl halides is 9. The van der Waals surface area contributed by atoms with Gasteiger partial charge in [0.1, 0.15) is 5.75 Å². The highest BCUT2D eigenvalue weighted by atomic mass is 19.4. The highest BCUT2D eigenvalue weighted by Gasteiger charge is 2.32. The van der Waals surface area contributed by atoms with Gasteiger partial charge in [0, 0.05) is 0 Å². The Labute approximate surface area is 200 Å². The van der Waals surface area contributed by atoms with E-state index < -0.39 is 44.4 Å². The standard InChI is InChI=1S/C24H18BF9O2/c26-22(27,28)15-17-3-7-19(8-4-17)25(20-9-11-21(12-10-20)36-24(32,33)34)18-5-1-16(2-6-18)13-14-35-23(29,30)31/h1-12H,13-15H2. The molecule has 0 aliphatic rings. The Morgan fingerprint density at radius 1 is 0.556 bits per heavy atom. The van der Waals surface area contributed by atoms with Gasteiger partial charge in [0.25, 0.3) is 0 Å². The Kier molecular flexibility index (Phi) is 8.28. The van der Waals surface area contributed by atoms with Crippen molar-refractivity contribution in [3.8, 4) is 5.75 Å². The maximum Gasteiger partial charge on any atom is 0.573 e. The number of halogens is 9. The summed E-state index contributed by atoms with van der Waals surface area (Å²) >= 11 is 0. The summed E-state index contributed by atoms with van der Waals surface area (Å²) < 4.78 is 120. The molecule has 3 aromatic carbocycles. The van der Waals surface area contributed by atoms with Crippen molar-refractivity contribution in [3.63, 3.8) is 0 Å². The third kappa shape index (κ3) is 8.82. The predicted octanol–water partition coefficient (Wildman–Crippen LogP) is 5.29. The summed E-state index contributed by atoms with van der Waals surface area (Å²) in [6.07, 6.45) is -15.1. The van der Waals surface area contributed by atoms with Crippen LogP contribution < -0.4 is 21.1 Å². The Morgan fingerprint density at radius 3 is 1.42 bits per heavy atom. The van der Waals surface area contributed by atoms with Crippen molar-refractivity contribution in [1.82, 2.24) is 0 Å². The molecule has 0 spiro atoms. The summed E-state index contributed by atoms with van der Waals surface area (Å²) in [4.78, 5) is 0. The molecule has 0 unspecified atom stereocenters. The monoisotopic (exact) mass is 520 g/mol. The normalized spacial score (nSPS) is 12.5. The first kappa shape index (κ1) is 27.4. The zero-order valence-electron chi connectivity index (χ0n) is 18.3. The van der Waals surface area contributed by atoms with Crippen LogP contribution in [0.25, 0.3) is 0 Å². The molecule has 2 nitrogen and oxygen atoms in total. The van der Waals surface area contributed by atoms with E-state index in [4.69, 9.17) is 0 Å². The summed E-state index contributed by atoms with van der Waals surface area (Å²) in [5.41, 5.74) is 2.32. The first-order valence-corrected chi connectivity index (χ1v) is 10.5. The smallest absolute Gasteiger partial charge is 0.406 e. The minimum absolute atomic E-state index is 0.0138. The van der Waals surface area contributed by atoms with Gasteiger partial charge in [-0.25, -0.2) is 0 Å². The van der Waals surface area contributed by atoms with E-state index >= 15 is 0 Å². The van der Waals surface area contributed by atoms with Crippen LogP contribution >= 0.6 is 0 Å². The van der Waals surface area contributed by atoms with E-state index in [-0.39, 0.29) is 12.0 Å². The molecule has 0 N–H and O–H groups in total. The molecule has 0 aliphatic heterocycles. The largest absolute Gasteiger partial charge is 0.573 e. The van der Waals surface area contributed by atoms with Crippen LogP contribution in [0, 0.1) is 0 Å². The SMILES string of the molecule is FC(F)(F)Cc1ccc(B(c2ccc(CCOC(F)(F)F)cc2)c2ccc(OC(F)(F)F)cc2)cc1. The third-order valence-corrected chi connectivity index (χ3v) is 5.13. The van der Waals surface area contributed by atoms with Crippen molar-refractivity contribution in [1.29, 1.82) is 0 Å². The van der Waals surface area contributed by atoms with Crippen molar-refractivity contribution in [2.75, 3.05) is 6.61 Å². The van der Waals surface area contributed by atoms with Gasteiger partial charge in [-0.15, -0.1) is 26.3 Å². The number of ether oxygens (including phenoxy) is 2. The minimum atomic E-state index is -4.87. The van der Waals surface area contributed by atoms with E-state index in [0.29, 0.717) is 22.0 Å². The van der Waals surface area contributed by atoms with Crippen molar-refractivity contribution in [2.45, 2.75) is 31.7 Å². The second-order valence-electron chi connectivity index (χ2n) is 7.87. The van der Waals surface area contributed by atoms with Gasteiger partial charge in [-0.3, -0.25) is 4.74 Å². The molecule has 0 aliphatic carbocycles. The molecule has 3 aromatic rings. The molecular formula is C24H18BF9O2. The minimum Gasteiger partial charge on any atom is -0.406 e. The lowest BCUT2D eigenvalue weighted by Crippen LogP contribution is -2.52. The highest BCUT2D eigenvalue weighted by Crippen LogP contribution is 2.22. The number of hydrogen-bond donors (Lipinski definition) is 0. The van der Waals surface area contributed by atoms with Gasteiger partial charge in [-0.1, -0.05) is 77.1 Å². The summed E-state index contributed by atoms with van der Waals surface area (Å²) in [6, 6.07) is 17.1. The lowest BCUT2D eigenvalue weighted by Gasteiger charge is -2.18. The van der Waals surface area contributed by atoms with E-state index in [9.17, 15) is 39.5 Å². The zero-order chi connectivity index (χ0) is 26.6. The fourth-order valence-electron chi connectivity index (χ4n) is 3.66. The quantitative estimate of drug-likeness (QED) is 0.297. The van der Waals surface area contributed by atoms with E-state index in [0.717, 1.165) is 12.1 Å². The fourth-order valence-corrected chi connectivity index (χ4v) is 3.66. The van der Waals surface area contributed by atoms with Gasteiger partial charge in [0.15, 0.2) is 0 Å². The molecule has 0 amide bonds. The molecule has 12 heteroatoms. The summed E-state index contributed by atoms with van der Waals surface area (Å²) in [7, 11) is 0. The van der Waals surface area contributed by atoms with E-state index in [2.05, 4.69) is 9.47 Å². The maximum atomic E-state index is 12.7. The lowest BCUT2D eigenvalue weighted by molar-refractivity contribution is -0.324. The molecule has 3 rings (SSSR count).